The Hall–Kier alpha value is -10.0. The van der Waals surface area contributed by atoms with Gasteiger partial charge in [0.25, 0.3) is 5.91 Å². The summed E-state index contributed by atoms with van der Waals surface area (Å²) in [5, 5.41) is 6.40. The van der Waals surface area contributed by atoms with Gasteiger partial charge in [-0.2, -0.15) is 0 Å². The average Bonchev–Trinajstić information content (AvgIpc) is 1.65. The Morgan fingerprint density at radius 2 is 0.839 bits per heavy atom. The second-order valence-electron chi connectivity index (χ2n) is 24.9. The van der Waals surface area contributed by atoms with E-state index in [4.69, 9.17) is 19.9 Å². The molecule has 0 radical (unpaired) electrons. The molecule has 0 fully saturated rings. The Balaban J connectivity index is 0.00000946. The molecule has 2 N–H and O–H groups in total. The predicted octanol–water partition coefficient (Wildman–Crippen LogP) is 22.0. The van der Waals surface area contributed by atoms with E-state index in [1.54, 1.807) is 0 Å². The van der Waals surface area contributed by atoms with E-state index in [2.05, 4.69) is 279 Å². The smallest absolute Gasteiger partial charge is 0.657 e. The van der Waals surface area contributed by atoms with Crippen LogP contribution in [-0.2, 0) is 19.5 Å². The third-order valence-corrected chi connectivity index (χ3v) is 17.2. The first-order chi connectivity index (χ1) is 44.5. The quantitative estimate of drug-likeness (QED) is 0.0697. The van der Waals surface area contributed by atoms with E-state index >= 15 is 0 Å². The Labute approximate surface area is 562 Å². The van der Waals surface area contributed by atoms with Gasteiger partial charge in [-0.1, -0.05) is 247 Å². The summed E-state index contributed by atoms with van der Waals surface area (Å²) in [7, 11) is 1.93. The summed E-state index contributed by atoms with van der Waals surface area (Å²) in [5.41, 5.74) is 27.3. The molecule has 458 valence electrons. The van der Waals surface area contributed by atoms with Gasteiger partial charge in [0.15, 0.2) is 0 Å². The number of amides is 1. The fraction of sp³-hybridized carbons (Fsp3) is 0.165. The van der Waals surface area contributed by atoms with Gasteiger partial charge in [-0.3, -0.25) is 4.79 Å². The summed E-state index contributed by atoms with van der Waals surface area (Å²) >= 11 is 0. The van der Waals surface area contributed by atoms with Gasteiger partial charge < -0.3 is 20.6 Å². The average molecular weight is 1270 g/mol. The van der Waals surface area contributed by atoms with Gasteiger partial charge in [-0.25, -0.2) is 9.97 Å². The molecule has 93 heavy (non-hydrogen) atoms. The number of rotatable bonds is 17. The van der Waals surface area contributed by atoms with Crippen molar-refractivity contribution in [2.24, 2.45) is 5.41 Å². The van der Waals surface area contributed by atoms with E-state index in [0.29, 0.717) is 11.3 Å². The first-order valence-corrected chi connectivity index (χ1v) is 31.8. The Kier molecular flexibility index (Phi) is 21.2. The van der Waals surface area contributed by atoms with E-state index in [9.17, 15) is 4.79 Å². The fourth-order valence-corrected chi connectivity index (χ4v) is 12.0. The van der Waals surface area contributed by atoms with Gasteiger partial charge >= 0.3 is 19.5 Å². The van der Waals surface area contributed by atoms with Crippen molar-refractivity contribution in [3.8, 4) is 44.5 Å². The van der Waals surface area contributed by atoms with Gasteiger partial charge in [0, 0.05) is 24.0 Å². The van der Waals surface area contributed by atoms with Crippen molar-refractivity contribution in [2.75, 3.05) is 17.7 Å². The summed E-state index contributed by atoms with van der Waals surface area (Å²) < 4.78 is 0. The molecular formula is C85H80N6OZn. The molecule has 8 heteroatoms. The van der Waals surface area contributed by atoms with Crippen molar-refractivity contribution in [2.45, 2.75) is 81.6 Å². The van der Waals surface area contributed by atoms with Crippen LogP contribution in [0.5, 0.6) is 0 Å². The number of allylic oxidation sites excluding steroid dienone is 19. The third kappa shape index (κ3) is 16.2. The van der Waals surface area contributed by atoms with Gasteiger partial charge in [0.05, 0.1) is 22.8 Å². The van der Waals surface area contributed by atoms with Crippen LogP contribution in [0.3, 0.4) is 0 Å². The minimum Gasteiger partial charge on any atom is -0.657 e. The van der Waals surface area contributed by atoms with E-state index in [1.807, 2.05) is 55.6 Å². The van der Waals surface area contributed by atoms with Crippen LogP contribution >= 0.6 is 0 Å². The molecule has 11 rings (SSSR count). The number of hydrogen-bond acceptors (Lipinski definition) is 4. The molecule has 0 saturated heterocycles. The third-order valence-electron chi connectivity index (χ3n) is 17.2. The summed E-state index contributed by atoms with van der Waals surface area (Å²) in [6, 6.07) is 49.4. The zero-order valence-electron chi connectivity index (χ0n) is 55.3. The second kappa shape index (κ2) is 30.0. The van der Waals surface area contributed by atoms with Crippen LogP contribution in [-0.4, -0.2) is 22.9 Å². The number of aromatic nitrogens is 4. The molecule has 5 aromatic carbocycles. The van der Waals surface area contributed by atoms with E-state index < -0.39 is 0 Å². The van der Waals surface area contributed by atoms with Crippen LogP contribution < -0.4 is 20.6 Å². The summed E-state index contributed by atoms with van der Waals surface area (Å²) in [6.45, 7) is 19.7. The number of hydrogen-bond donors (Lipinski definition) is 2. The van der Waals surface area contributed by atoms with Gasteiger partial charge in [-0.05, 0) is 189 Å². The van der Waals surface area contributed by atoms with Crippen LogP contribution in [0.1, 0.15) is 118 Å². The van der Waals surface area contributed by atoms with E-state index in [1.165, 1.54) is 41.6 Å². The molecule has 3 aromatic heterocycles. The molecule has 0 unspecified atom stereocenters. The van der Waals surface area contributed by atoms with Crippen LogP contribution in [0.4, 0.5) is 11.4 Å². The molecule has 3 aliphatic rings. The van der Waals surface area contributed by atoms with Gasteiger partial charge in [0.2, 0.25) is 0 Å². The molecule has 7 nitrogen and oxygen atoms in total. The van der Waals surface area contributed by atoms with Crippen molar-refractivity contribution in [1.29, 1.82) is 0 Å². The molecule has 0 saturated carbocycles. The van der Waals surface area contributed by atoms with E-state index in [-0.39, 0.29) is 30.8 Å². The van der Waals surface area contributed by atoms with Crippen molar-refractivity contribution in [1.82, 2.24) is 19.9 Å². The van der Waals surface area contributed by atoms with Crippen molar-refractivity contribution >= 4 is 69.7 Å². The number of carbonyl (C=O) groups is 1. The fourth-order valence-electron chi connectivity index (χ4n) is 12.0. The van der Waals surface area contributed by atoms with Gasteiger partial charge in [-0.15, -0.1) is 22.1 Å². The minimum atomic E-state index is -0.199. The van der Waals surface area contributed by atoms with Crippen molar-refractivity contribution in [3.05, 3.63) is 303 Å². The predicted molar refractivity (Wildman–Crippen MR) is 393 cm³/mol. The number of anilines is 2. The maximum absolute atomic E-state index is 13.8. The molecule has 2 aliphatic heterocycles. The molecule has 0 spiro atoms. The number of fused-ring (bicyclic) bond motifs is 8. The normalized spacial score (nSPS) is 14.6. The van der Waals surface area contributed by atoms with Crippen LogP contribution in [0.25, 0.3) is 97.0 Å². The Morgan fingerprint density at radius 1 is 0.462 bits per heavy atom. The monoisotopic (exact) mass is 1260 g/mol. The van der Waals surface area contributed by atoms with Crippen molar-refractivity contribution < 1.29 is 24.3 Å². The minimum absolute atomic E-state index is 0. The molecule has 1 amide bonds. The van der Waals surface area contributed by atoms with Crippen LogP contribution in [0.2, 0.25) is 0 Å². The Bertz CT molecular complexity index is 4610. The number of nitrogens with one attached hydrogen (secondary N) is 2. The number of nitrogens with zero attached hydrogens (tertiary/aromatic N) is 4. The van der Waals surface area contributed by atoms with E-state index in [0.717, 1.165) is 123 Å². The summed E-state index contributed by atoms with van der Waals surface area (Å²) in [5.74, 6) is -0.199. The zero-order chi connectivity index (χ0) is 64.3. The van der Waals surface area contributed by atoms with Gasteiger partial charge in [0.1, 0.15) is 0 Å². The summed E-state index contributed by atoms with van der Waals surface area (Å²) in [6.07, 6.45) is 41.9. The first-order valence-electron chi connectivity index (χ1n) is 31.8. The molecule has 1 aliphatic carbocycles. The number of carbonyl (C=O) groups excluding carboxylic acids is 1. The SMILES string of the molecule is CNc1ccc(-c2c3nc(c(-c4ccc(C)cc4)c4ccc([n-]4)c(-c4ccc(NC(=O)c5ccc(/C=C/C(C)=C/C=C/C(C)=C/C=C/C=C(C)/C=C/C=C(C)/C=C/C6=C(C)CCCC6(C)C)cc5)cc4)c4nc(c(-c5ccc(C)cc5)c5ccc2[n-]5)C=C4)C=C3)cc1.[Zn+2]. The van der Waals surface area contributed by atoms with Crippen molar-refractivity contribution in [3.63, 3.8) is 0 Å². The topological polar surface area (TPSA) is 95.1 Å². The maximum atomic E-state index is 13.8. The standard InChI is InChI=1S/C85H81N6O.Zn/c1-56(16-11-12-17-57(2)19-14-21-59(4)28-46-71-62(7)22-15-55-85(71,8)9)18-13-20-58(3)23-29-63-30-36-68(37-31-63)84(92)87-70-44-40-67(41-45-70)83-78-53-49-74(90-78)80(64-32-24-60(5)25-33-64)72-47-51-76(88-72)82(66-38-42-69(86-10)43-39-66)77-52-48-73(89-77)81(75-50-54-79(83)91-75)65-34-26-61(6)27-35-65;/h11-14,16-21,23-54H,15,22,55H2,1-10H3,(H3-,86,87,88,89,90,91,92);/q-1;+2/p-1/b12-11+,18-13+,19-14+,29-23+,46-28+,56-16+,57-17+,58-20+,59-21+,80-72?,80-74?,81-73?,81-75?,82-76?,82-77?,83-78?,83-79?;. The molecular weight excluding hydrogens is 1190 g/mol. The summed E-state index contributed by atoms with van der Waals surface area (Å²) in [4.78, 5) is 35.6. The Morgan fingerprint density at radius 3 is 1.25 bits per heavy atom. The molecule has 8 bridgehead atoms. The zero-order valence-corrected chi connectivity index (χ0v) is 58.2. The number of benzene rings is 5. The number of aryl methyl sites for hydroxylation is 2. The largest absolute Gasteiger partial charge is 2.00 e. The van der Waals surface area contributed by atoms with Crippen LogP contribution in [0.15, 0.2) is 258 Å². The first kappa shape index (κ1) is 65.9. The molecule has 0 atom stereocenters. The maximum Gasteiger partial charge on any atom is 2.00 e. The molecule has 5 heterocycles. The second-order valence-corrected chi connectivity index (χ2v) is 24.9. The van der Waals surface area contributed by atoms with Crippen LogP contribution in [0, 0.1) is 19.3 Å². The molecule has 8 aromatic rings.